The van der Waals surface area contributed by atoms with Gasteiger partial charge in [0, 0.05) is 35.4 Å². The molecule has 1 saturated heterocycles. The summed E-state index contributed by atoms with van der Waals surface area (Å²) < 4.78 is 0. The Kier molecular flexibility index (Phi) is 3.99. The van der Waals surface area contributed by atoms with E-state index >= 15 is 0 Å². The number of halogens is 1. The number of hydrogen-bond acceptors (Lipinski definition) is 3. The standard InChI is InChI=1S/C17H18ClN3OS/c18-15-5-4-12(9-14(15)16-19-6-7-23-16)20-17(22)21-10-11-2-1-3-13(21)8-11/h4-7,9,11,13H,1-3,8,10H2,(H,20,22). The van der Waals surface area contributed by atoms with Crippen LogP contribution in [0, 0.1) is 5.92 Å². The molecule has 1 aliphatic carbocycles. The molecular weight excluding hydrogens is 330 g/mol. The highest BCUT2D eigenvalue weighted by Gasteiger charge is 2.37. The SMILES string of the molecule is O=C(Nc1ccc(Cl)c(-c2nccs2)c1)N1CC2CCCC1C2. The zero-order valence-corrected chi connectivity index (χ0v) is 14.2. The van der Waals surface area contributed by atoms with E-state index in [1.54, 1.807) is 6.20 Å². The normalized spacial score (nSPS) is 23.1. The van der Waals surface area contributed by atoms with Gasteiger partial charge in [-0.05, 0) is 43.4 Å². The van der Waals surface area contributed by atoms with Crippen molar-refractivity contribution in [3.8, 4) is 10.6 Å². The molecule has 1 aromatic heterocycles. The van der Waals surface area contributed by atoms with Crippen LogP contribution in [0.15, 0.2) is 29.8 Å². The number of nitrogens with zero attached hydrogens (tertiary/aromatic N) is 2. The summed E-state index contributed by atoms with van der Waals surface area (Å²) in [7, 11) is 0. The average Bonchev–Trinajstić information content (AvgIpc) is 3.17. The number of fused-ring (bicyclic) bond motifs is 2. The molecule has 2 unspecified atom stereocenters. The molecule has 0 radical (unpaired) electrons. The van der Waals surface area contributed by atoms with Crippen LogP contribution in [0.1, 0.15) is 25.7 Å². The van der Waals surface area contributed by atoms with Gasteiger partial charge in [0.15, 0.2) is 0 Å². The molecule has 2 fully saturated rings. The molecule has 23 heavy (non-hydrogen) atoms. The van der Waals surface area contributed by atoms with Gasteiger partial charge in [0.25, 0.3) is 0 Å². The minimum Gasteiger partial charge on any atom is -0.321 e. The Morgan fingerprint density at radius 3 is 3.09 bits per heavy atom. The topological polar surface area (TPSA) is 45.2 Å². The minimum absolute atomic E-state index is 0.00631. The Hall–Kier alpha value is -1.59. The monoisotopic (exact) mass is 347 g/mol. The molecule has 1 saturated carbocycles. The van der Waals surface area contributed by atoms with Gasteiger partial charge >= 0.3 is 6.03 Å². The number of rotatable bonds is 2. The fourth-order valence-electron chi connectivity index (χ4n) is 3.71. The quantitative estimate of drug-likeness (QED) is 0.842. The van der Waals surface area contributed by atoms with E-state index in [1.165, 1.54) is 30.6 Å². The lowest BCUT2D eigenvalue weighted by Gasteiger charge is -2.24. The van der Waals surface area contributed by atoms with Gasteiger partial charge in [-0.3, -0.25) is 0 Å². The van der Waals surface area contributed by atoms with E-state index in [-0.39, 0.29) is 6.03 Å². The van der Waals surface area contributed by atoms with Crippen LogP contribution in [0.2, 0.25) is 5.02 Å². The molecule has 2 atom stereocenters. The molecule has 1 aliphatic heterocycles. The van der Waals surface area contributed by atoms with Crippen molar-refractivity contribution in [3.05, 3.63) is 34.8 Å². The van der Waals surface area contributed by atoms with E-state index in [0.29, 0.717) is 17.0 Å². The minimum atomic E-state index is 0.00631. The molecule has 2 aromatic rings. The van der Waals surface area contributed by atoms with E-state index < -0.39 is 0 Å². The number of carbonyl (C=O) groups is 1. The number of aromatic nitrogens is 1. The fourth-order valence-corrected chi connectivity index (χ4v) is 4.64. The zero-order chi connectivity index (χ0) is 15.8. The van der Waals surface area contributed by atoms with E-state index in [9.17, 15) is 4.79 Å². The molecule has 4 nitrogen and oxygen atoms in total. The van der Waals surface area contributed by atoms with Gasteiger partial charge in [0.2, 0.25) is 0 Å². The van der Waals surface area contributed by atoms with Crippen LogP contribution in [-0.2, 0) is 0 Å². The van der Waals surface area contributed by atoms with Crippen molar-refractivity contribution >= 4 is 34.7 Å². The largest absolute Gasteiger partial charge is 0.322 e. The predicted octanol–water partition coefficient (Wildman–Crippen LogP) is 4.87. The summed E-state index contributed by atoms with van der Waals surface area (Å²) in [5.74, 6) is 0.690. The Morgan fingerprint density at radius 2 is 2.30 bits per heavy atom. The molecule has 2 amide bonds. The van der Waals surface area contributed by atoms with E-state index in [1.807, 2.05) is 28.5 Å². The first-order chi connectivity index (χ1) is 11.2. The Bertz CT molecular complexity index is 719. The number of hydrogen-bond donors (Lipinski definition) is 1. The van der Waals surface area contributed by atoms with Crippen molar-refractivity contribution < 1.29 is 4.79 Å². The molecular formula is C17H18ClN3OS. The van der Waals surface area contributed by atoms with Crippen LogP contribution < -0.4 is 5.32 Å². The molecule has 2 aliphatic rings. The summed E-state index contributed by atoms with van der Waals surface area (Å²) in [5.41, 5.74) is 1.63. The van der Waals surface area contributed by atoms with Gasteiger partial charge in [-0.2, -0.15) is 0 Å². The first kappa shape index (κ1) is 15.0. The first-order valence-electron chi connectivity index (χ1n) is 7.98. The van der Waals surface area contributed by atoms with Crippen molar-refractivity contribution in [1.29, 1.82) is 0 Å². The maximum Gasteiger partial charge on any atom is 0.322 e. The molecule has 6 heteroatoms. The number of carbonyl (C=O) groups excluding carboxylic acids is 1. The number of likely N-dealkylation sites (tertiary alicyclic amines) is 1. The molecule has 4 rings (SSSR count). The molecule has 120 valence electrons. The van der Waals surface area contributed by atoms with Crippen molar-refractivity contribution in [3.63, 3.8) is 0 Å². The maximum absolute atomic E-state index is 12.6. The number of benzene rings is 1. The third-order valence-corrected chi connectivity index (χ3v) is 5.93. The van der Waals surface area contributed by atoms with Gasteiger partial charge in [-0.1, -0.05) is 18.0 Å². The second kappa shape index (κ2) is 6.13. The number of nitrogens with one attached hydrogen (secondary N) is 1. The van der Waals surface area contributed by atoms with Crippen LogP contribution in [-0.4, -0.2) is 28.5 Å². The highest BCUT2D eigenvalue weighted by atomic mass is 35.5. The van der Waals surface area contributed by atoms with E-state index in [0.717, 1.165) is 29.2 Å². The third kappa shape index (κ3) is 2.95. The summed E-state index contributed by atoms with van der Waals surface area (Å²) in [6.07, 6.45) is 6.56. The zero-order valence-electron chi connectivity index (χ0n) is 12.7. The smallest absolute Gasteiger partial charge is 0.321 e. The first-order valence-corrected chi connectivity index (χ1v) is 9.23. The van der Waals surface area contributed by atoms with Gasteiger partial charge < -0.3 is 10.2 Å². The Morgan fingerprint density at radius 1 is 1.39 bits per heavy atom. The molecule has 1 N–H and O–H groups in total. The Labute approximate surface area is 144 Å². The van der Waals surface area contributed by atoms with E-state index in [4.69, 9.17) is 11.6 Å². The average molecular weight is 348 g/mol. The number of thiazole rings is 1. The lowest BCUT2D eigenvalue weighted by atomic mass is 9.91. The molecule has 2 heterocycles. The van der Waals surface area contributed by atoms with Crippen LogP contribution in [0.25, 0.3) is 10.6 Å². The second-order valence-electron chi connectivity index (χ2n) is 6.30. The van der Waals surface area contributed by atoms with Gasteiger partial charge in [0.05, 0.1) is 5.02 Å². The summed E-state index contributed by atoms with van der Waals surface area (Å²) in [6.45, 7) is 0.892. The lowest BCUT2D eigenvalue weighted by molar-refractivity contribution is 0.204. The Balaban J connectivity index is 1.53. The van der Waals surface area contributed by atoms with E-state index in [2.05, 4.69) is 10.3 Å². The van der Waals surface area contributed by atoms with Crippen molar-refractivity contribution in [2.24, 2.45) is 5.92 Å². The van der Waals surface area contributed by atoms with Crippen LogP contribution >= 0.6 is 22.9 Å². The number of amides is 2. The van der Waals surface area contributed by atoms with Gasteiger partial charge in [-0.25, -0.2) is 9.78 Å². The number of anilines is 1. The molecule has 0 spiro atoms. The fraction of sp³-hybridized carbons (Fsp3) is 0.412. The summed E-state index contributed by atoms with van der Waals surface area (Å²) >= 11 is 7.80. The molecule has 2 bridgehead atoms. The lowest BCUT2D eigenvalue weighted by Crippen LogP contribution is -2.38. The third-order valence-electron chi connectivity index (χ3n) is 4.79. The predicted molar refractivity (Wildman–Crippen MR) is 94.0 cm³/mol. The van der Waals surface area contributed by atoms with Gasteiger partial charge in [-0.15, -0.1) is 11.3 Å². The van der Waals surface area contributed by atoms with Crippen LogP contribution in [0.3, 0.4) is 0 Å². The van der Waals surface area contributed by atoms with Crippen molar-refractivity contribution in [1.82, 2.24) is 9.88 Å². The van der Waals surface area contributed by atoms with Gasteiger partial charge in [0.1, 0.15) is 5.01 Å². The maximum atomic E-state index is 12.6. The van der Waals surface area contributed by atoms with Crippen LogP contribution in [0.4, 0.5) is 10.5 Å². The molecule has 1 aromatic carbocycles. The summed E-state index contributed by atoms with van der Waals surface area (Å²) in [5, 5.41) is 6.46. The highest BCUT2D eigenvalue weighted by Crippen LogP contribution is 2.36. The van der Waals surface area contributed by atoms with Crippen molar-refractivity contribution in [2.45, 2.75) is 31.7 Å². The van der Waals surface area contributed by atoms with Crippen molar-refractivity contribution in [2.75, 3.05) is 11.9 Å². The van der Waals surface area contributed by atoms with Crippen LogP contribution in [0.5, 0.6) is 0 Å². The summed E-state index contributed by atoms with van der Waals surface area (Å²) in [4.78, 5) is 18.9. The second-order valence-corrected chi connectivity index (χ2v) is 7.60. The summed E-state index contributed by atoms with van der Waals surface area (Å²) in [6, 6.07) is 5.99. The number of urea groups is 1. The highest BCUT2D eigenvalue weighted by molar-refractivity contribution is 7.13.